The van der Waals surface area contributed by atoms with E-state index in [4.69, 9.17) is 13.9 Å². The number of hydrogen-bond donors (Lipinski definition) is 2. The summed E-state index contributed by atoms with van der Waals surface area (Å²) in [6.07, 6.45) is 1.62. The maximum absolute atomic E-state index is 13.8. The van der Waals surface area contributed by atoms with Gasteiger partial charge in [0.15, 0.2) is 0 Å². The molecule has 1 unspecified atom stereocenters. The Morgan fingerprint density at radius 2 is 1.60 bits per heavy atom. The third-order valence-corrected chi connectivity index (χ3v) is 10.1. The molecule has 3 aromatic carbocycles. The van der Waals surface area contributed by atoms with Crippen molar-refractivity contribution in [3.63, 3.8) is 0 Å². The first-order chi connectivity index (χ1) is 19.4. The summed E-state index contributed by atoms with van der Waals surface area (Å²) in [6, 6.07) is 24.9. The second-order valence-corrected chi connectivity index (χ2v) is 12.2. The molecule has 40 heavy (non-hydrogen) atoms. The van der Waals surface area contributed by atoms with Gasteiger partial charge >= 0.3 is 0 Å². The fourth-order valence-corrected chi connectivity index (χ4v) is 7.01. The standard InChI is InChI=1S/C30H31N3O6S/c1-40(36,30(29(34)33-35)17-20-37-21-18-30)26-15-13-25(14-16-26)38-19-5-8-27-31-32-28(39-27)24-11-9-23(10-12-24)22-6-3-2-4-7-22/h2-4,6-7,9-16,35H,1,5,8,17-21H2,(H,33,34). The first-order valence-corrected chi connectivity index (χ1v) is 14.8. The average molecular weight is 562 g/mol. The number of benzene rings is 3. The number of nitrogens with zero attached hydrogens (tertiary/aromatic N) is 2. The topological polar surface area (TPSA) is 124 Å². The lowest BCUT2D eigenvalue weighted by Crippen LogP contribution is -2.54. The molecule has 1 aliphatic rings. The highest BCUT2D eigenvalue weighted by Gasteiger charge is 2.48. The molecule has 0 aliphatic carbocycles. The number of carbonyl (C=O) groups is 1. The number of hydroxylamine groups is 1. The highest BCUT2D eigenvalue weighted by molar-refractivity contribution is 8.02. The van der Waals surface area contributed by atoms with Gasteiger partial charge in [-0.25, -0.2) is 5.48 Å². The van der Waals surface area contributed by atoms with Crippen LogP contribution in [0, 0.1) is 0 Å². The van der Waals surface area contributed by atoms with E-state index in [0.717, 1.165) is 16.7 Å². The number of carbonyl (C=O) groups excluding carboxylic acids is 1. The van der Waals surface area contributed by atoms with E-state index in [9.17, 15) is 14.2 Å². The van der Waals surface area contributed by atoms with Gasteiger partial charge in [0, 0.05) is 39.6 Å². The third kappa shape index (κ3) is 5.65. The highest BCUT2D eigenvalue weighted by atomic mass is 32.2. The number of amides is 1. The van der Waals surface area contributed by atoms with E-state index >= 15 is 0 Å². The Hall–Kier alpha value is -3.99. The molecule has 1 atom stereocenters. The zero-order valence-electron chi connectivity index (χ0n) is 22.0. The van der Waals surface area contributed by atoms with Crippen LogP contribution in [0.3, 0.4) is 0 Å². The maximum Gasteiger partial charge on any atom is 0.262 e. The summed E-state index contributed by atoms with van der Waals surface area (Å²) in [5, 5.41) is 17.6. The summed E-state index contributed by atoms with van der Waals surface area (Å²) in [7, 11) is -3.09. The van der Waals surface area contributed by atoms with Crippen LogP contribution in [0.1, 0.15) is 25.2 Å². The van der Waals surface area contributed by atoms with Crippen LogP contribution in [0.5, 0.6) is 5.75 Å². The van der Waals surface area contributed by atoms with Crippen molar-refractivity contribution in [2.24, 2.45) is 0 Å². The van der Waals surface area contributed by atoms with Crippen LogP contribution in [0.2, 0.25) is 0 Å². The highest BCUT2D eigenvalue weighted by Crippen LogP contribution is 2.36. The van der Waals surface area contributed by atoms with Gasteiger partial charge in [-0.3, -0.25) is 14.2 Å². The molecule has 1 aromatic heterocycles. The van der Waals surface area contributed by atoms with Gasteiger partial charge in [0.1, 0.15) is 10.5 Å². The molecule has 0 saturated carbocycles. The van der Waals surface area contributed by atoms with E-state index in [1.807, 2.05) is 42.5 Å². The molecule has 5 rings (SSSR count). The zero-order chi connectivity index (χ0) is 28.0. The minimum Gasteiger partial charge on any atom is -0.494 e. The molecule has 2 heterocycles. The summed E-state index contributed by atoms with van der Waals surface area (Å²) < 4.78 is 29.5. The van der Waals surface area contributed by atoms with Crippen LogP contribution in [0.25, 0.3) is 22.6 Å². The van der Waals surface area contributed by atoms with Crippen molar-refractivity contribution >= 4 is 21.3 Å². The van der Waals surface area contributed by atoms with Gasteiger partial charge in [0.25, 0.3) is 5.91 Å². The third-order valence-electron chi connectivity index (χ3n) is 7.16. The molecule has 208 valence electrons. The van der Waals surface area contributed by atoms with Gasteiger partial charge in [-0.05, 0) is 72.7 Å². The Morgan fingerprint density at radius 3 is 2.27 bits per heavy atom. The number of nitrogens with one attached hydrogen (secondary N) is 1. The average Bonchev–Trinajstić information content (AvgIpc) is 3.49. The van der Waals surface area contributed by atoms with Crippen molar-refractivity contribution < 1.29 is 28.1 Å². The summed E-state index contributed by atoms with van der Waals surface area (Å²) in [4.78, 5) is 13.0. The first-order valence-electron chi connectivity index (χ1n) is 13.0. The van der Waals surface area contributed by atoms with Crippen molar-refractivity contribution in [2.45, 2.75) is 35.3 Å². The summed E-state index contributed by atoms with van der Waals surface area (Å²) in [6.45, 7) is 0.948. The number of ether oxygens (including phenoxy) is 2. The fourth-order valence-electron chi connectivity index (χ4n) is 4.81. The lowest BCUT2D eigenvalue weighted by Gasteiger charge is -2.37. The van der Waals surface area contributed by atoms with E-state index in [1.54, 1.807) is 29.7 Å². The fraction of sp³-hybridized carbons (Fsp3) is 0.267. The molecule has 4 aromatic rings. The first kappa shape index (κ1) is 27.6. The van der Waals surface area contributed by atoms with Gasteiger partial charge in [-0.2, -0.15) is 0 Å². The summed E-state index contributed by atoms with van der Waals surface area (Å²) in [5.41, 5.74) is 4.79. The van der Waals surface area contributed by atoms with Crippen molar-refractivity contribution in [2.75, 3.05) is 19.8 Å². The van der Waals surface area contributed by atoms with Crippen LogP contribution < -0.4 is 10.2 Å². The Kier molecular flexibility index (Phi) is 8.29. The number of hydrogen-bond acceptors (Lipinski definition) is 8. The molecule has 0 spiro atoms. The van der Waals surface area contributed by atoms with E-state index < -0.39 is 20.2 Å². The molecule has 10 heteroatoms. The predicted molar refractivity (Wildman–Crippen MR) is 152 cm³/mol. The van der Waals surface area contributed by atoms with E-state index in [1.165, 1.54) is 0 Å². The molecule has 9 nitrogen and oxygen atoms in total. The number of aryl methyl sites for hydroxylation is 1. The molecule has 1 fully saturated rings. The number of rotatable bonds is 10. The van der Waals surface area contributed by atoms with E-state index in [0.29, 0.717) is 41.9 Å². The van der Waals surface area contributed by atoms with Crippen molar-refractivity contribution in [3.05, 3.63) is 84.8 Å². The van der Waals surface area contributed by atoms with Gasteiger partial charge in [-0.15, -0.1) is 10.2 Å². The smallest absolute Gasteiger partial charge is 0.262 e. The van der Waals surface area contributed by atoms with Crippen molar-refractivity contribution in [1.82, 2.24) is 15.7 Å². The van der Waals surface area contributed by atoms with Crippen molar-refractivity contribution in [3.8, 4) is 28.3 Å². The maximum atomic E-state index is 13.8. The molecule has 0 radical (unpaired) electrons. The summed E-state index contributed by atoms with van der Waals surface area (Å²) in [5.74, 6) is 4.81. The molecular formula is C30H31N3O6S. The van der Waals surface area contributed by atoms with E-state index in [-0.39, 0.29) is 26.1 Å². The second kappa shape index (κ2) is 12.0. The van der Waals surface area contributed by atoms with Gasteiger partial charge < -0.3 is 13.9 Å². The van der Waals surface area contributed by atoms with Gasteiger partial charge in [-0.1, -0.05) is 42.5 Å². The quantitative estimate of drug-likeness (QED) is 0.125. The Balaban J connectivity index is 1.14. The normalized spacial score (nSPS) is 16.1. The second-order valence-electron chi connectivity index (χ2n) is 9.59. The van der Waals surface area contributed by atoms with E-state index in [2.05, 4.69) is 28.2 Å². The molecule has 1 saturated heterocycles. The molecule has 0 bridgehead atoms. The van der Waals surface area contributed by atoms with Crippen LogP contribution in [-0.2, 0) is 25.5 Å². The number of aromatic nitrogens is 2. The molecular weight excluding hydrogens is 530 g/mol. The summed E-state index contributed by atoms with van der Waals surface area (Å²) >= 11 is 0. The van der Waals surface area contributed by atoms with Crippen LogP contribution >= 0.6 is 0 Å². The molecule has 1 aliphatic heterocycles. The minimum atomic E-state index is -3.09. The molecule has 2 N–H and O–H groups in total. The minimum absolute atomic E-state index is 0.205. The lowest BCUT2D eigenvalue weighted by molar-refractivity contribution is -0.134. The Labute approximate surface area is 233 Å². The monoisotopic (exact) mass is 561 g/mol. The predicted octanol–water partition coefficient (Wildman–Crippen LogP) is 4.55. The van der Waals surface area contributed by atoms with Crippen LogP contribution in [-0.4, -0.2) is 56.0 Å². The van der Waals surface area contributed by atoms with Crippen LogP contribution in [0.15, 0.2) is 88.2 Å². The molecule has 1 amide bonds. The lowest BCUT2D eigenvalue weighted by atomic mass is 9.98. The zero-order valence-corrected chi connectivity index (χ0v) is 22.8. The van der Waals surface area contributed by atoms with Crippen LogP contribution in [0.4, 0.5) is 0 Å². The van der Waals surface area contributed by atoms with Gasteiger partial charge in [0.2, 0.25) is 11.8 Å². The Morgan fingerprint density at radius 1 is 0.950 bits per heavy atom. The largest absolute Gasteiger partial charge is 0.494 e. The SMILES string of the molecule is C=S(=O)(c1ccc(OCCCc2nnc(-c3ccc(-c4ccccc4)cc3)o2)cc1)C1(C(=O)NO)CCOCC1. The van der Waals surface area contributed by atoms with Crippen molar-refractivity contribution in [1.29, 1.82) is 0 Å². The Bertz CT molecular complexity index is 1530. The van der Waals surface area contributed by atoms with Gasteiger partial charge in [0.05, 0.1) is 6.61 Å².